The Morgan fingerprint density at radius 3 is 2.72 bits per heavy atom. The number of aromatic nitrogens is 1. The maximum atomic E-state index is 12.9. The molecule has 29 heavy (non-hydrogen) atoms. The number of carbonyl (C=O) groups is 2. The van der Waals surface area contributed by atoms with E-state index in [9.17, 15) is 22.8 Å². The molecule has 1 aliphatic rings. The largest absolute Gasteiger partial charge is 0.419 e. The van der Waals surface area contributed by atoms with Crippen LogP contribution in [0, 0.1) is 6.92 Å². The van der Waals surface area contributed by atoms with Gasteiger partial charge in [0.25, 0.3) is 5.91 Å². The molecule has 1 aromatic heterocycles. The first-order valence-electron chi connectivity index (χ1n) is 8.97. The number of hydrogen-bond acceptors (Lipinski definition) is 4. The maximum absolute atomic E-state index is 12.9. The molecule has 0 spiro atoms. The number of halogens is 3. The molecule has 0 unspecified atom stereocenters. The van der Waals surface area contributed by atoms with Crippen molar-refractivity contribution in [3.05, 3.63) is 53.2 Å². The van der Waals surface area contributed by atoms with Crippen LogP contribution < -0.4 is 20.9 Å². The third-order valence-electron chi connectivity index (χ3n) is 4.42. The first-order valence-corrected chi connectivity index (χ1v) is 8.97. The summed E-state index contributed by atoms with van der Waals surface area (Å²) in [6.45, 7) is 3.13. The number of pyridine rings is 1. The number of alkyl halides is 3. The summed E-state index contributed by atoms with van der Waals surface area (Å²) < 4.78 is 38.8. The highest BCUT2D eigenvalue weighted by atomic mass is 19.4. The lowest BCUT2D eigenvalue weighted by atomic mass is 10.1. The van der Waals surface area contributed by atoms with Crippen LogP contribution in [0.4, 0.5) is 29.5 Å². The van der Waals surface area contributed by atoms with Gasteiger partial charge in [-0.3, -0.25) is 9.69 Å². The Morgan fingerprint density at radius 1 is 1.28 bits per heavy atom. The molecule has 2 aromatic rings. The highest BCUT2D eigenvalue weighted by molar-refractivity contribution is 5.97. The van der Waals surface area contributed by atoms with E-state index in [0.29, 0.717) is 18.7 Å². The molecule has 0 saturated carbocycles. The van der Waals surface area contributed by atoms with Crippen LogP contribution in [0.2, 0.25) is 0 Å². The number of aryl methyl sites for hydroxylation is 1. The number of amides is 3. The molecular formula is C19H20F3N5O2. The molecule has 2 heterocycles. The van der Waals surface area contributed by atoms with Gasteiger partial charge in [0.1, 0.15) is 5.82 Å². The van der Waals surface area contributed by atoms with Crippen molar-refractivity contribution < 1.29 is 22.8 Å². The van der Waals surface area contributed by atoms with Gasteiger partial charge in [0.2, 0.25) is 0 Å². The number of anilines is 2. The predicted octanol–water partition coefficient (Wildman–Crippen LogP) is 2.78. The van der Waals surface area contributed by atoms with E-state index in [-0.39, 0.29) is 30.8 Å². The molecule has 0 aliphatic carbocycles. The Balaban J connectivity index is 1.55. The second-order valence-electron chi connectivity index (χ2n) is 6.46. The van der Waals surface area contributed by atoms with Gasteiger partial charge in [0.05, 0.1) is 5.56 Å². The van der Waals surface area contributed by atoms with Gasteiger partial charge in [-0.05, 0) is 42.8 Å². The number of hydrogen-bond donors (Lipinski definition) is 3. The Labute approximate surface area is 165 Å². The molecule has 1 saturated heterocycles. The van der Waals surface area contributed by atoms with Crippen molar-refractivity contribution in [2.75, 3.05) is 36.4 Å². The van der Waals surface area contributed by atoms with Gasteiger partial charge in [0.15, 0.2) is 0 Å². The van der Waals surface area contributed by atoms with Gasteiger partial charge in [-0.1, -0.05) is 0 Å². The lowest BCUT2D eigenvalue weighted by molar-refractivity contribution is -0.137. The van der Waals surface area contributed by atoms with E-state index < -0.39 is 11.7 Å². The molecule has 0 atom stereocenters. The number of urea groups is 1. The zero-order valence-corrected chi connectivity index (χ0v) is 15.6. The van der Waals surface area contributed by atoms with Crippen LogP contribution >= 0.6 is 0 Å². The summed E-state index contributed by atoms with van der Waals surface area (Å²) in [7, 11) is 0. The van der Waals surface area contributed by atoms with E-state index in [4.69, 9.17) is 0 Å². The predicted molar refractivity (Wildman–Crippen MR) is 102 cm³/mol. The van der Waals surface area contributed by atoms with Crippen LogP contribution in [0.1, 0.15) is 21.5 Å². The van der Waals surface area contributed by atoms with Gasteiger partial charge in [0, 0.05) is 43.6 Å². The minimum Gasteiger partial charge on any atom is -0.368 e. The number of carbonyl (C=O) groups excluding carboxylic acids is 2. The second-order valence-corrected chi connectivity index (χ2v) is 6.46. The zero-order chi connectivity index (χ0) is 21.0. The van der Waals surface area contributed by atoms with Crippen molar-refractivity contribution in [3.8, 4) is 0 Å². The molecular weight excluding hydrogens is 387 g/mol. The smallest absolute Gasteiger partial charge is 0.368 e. The molecule has 1 aliphatic heterocycles. The molecule has 3 N–H and O–H groups in total. The highest BCUT2D eigenvalue weighted by Gasteiger charge is 2.33. The minimum absolute atomic E-state index is 0.0802. The monoisotopic (exact) mass is 407 g/mol. The molecule has 1 aromatic carbocycles. The van der Waals surface area contributed by atoms with Crippen molar-refractivity contribution >= 4 is 23.4 Å². The van der Waals surface area contributed by atoms with E-state index >= 15 is 0 Å². The summed E-state index contributed by atoms with van der Waals surface area (Å²) in [5, 5.41) is 7.96. The highest BCUT2D eigenvalue weighted by Crippen LogP contribution is 2.33. The Kier molecular flexibility index (Phi) is 5.90. The average Bonchev–Trinajstić information content (AvgIpc) is 3.10. The van der Waals surface area contributed by atoms with Crippen LogP contribution in [0.25, 0.3) is 0 Å². The standard InChI is InChI=1S/C19H20F3N5O2/c1-12-11-13(4-5-15(12)27-10-9-26-18(27)29)17(28)25-8-7-24-16-14(19(20,21)22)3-2-6-23-16/h2-6,11H,7-10H2,1H3,(H,23,24)(H,25,28)(H,26,29). The van der Waals surface area contributed by atoms with Crippen molar-refractivity contribution in [1.82, 2.24) is 15.6 Å². The Hall–Kier alpha value is -3.30. The molecule has 0 radical (unpaired) electrons. The summed E-state index contributed by atoms with van der Waals surface area (Å²) in [6.07, 6.45) is -3.24. The minimum atomic E-state index is -4.51. The quantitative estimate of drug-likeness (QED) is 0.643. The van der Waals surface area contributed by atoms with Gasteiger partial charge in [-0.25, -0.2) is 9.78 Å². The van der Waals surface area contributed by atoms with Crippen molar-refractivity contribution in [2.24, 2.45) is 0 Å². The Bertz CT molecular complexity index is 917. The van der Waals surface area contributed by atoms with Gasteiger partial charge >= 0.3 is 12.2 Å². The second kappa shape index (κ2) is 8.38. The average molecular weight is 407 g/mol. The van der Waals surface area contributed by atoms with Crippen molar-refractivity contribution in [1.29, 1.82) is 0 Å². The number of nitrogens with one attached hydrogen (secondary N) is 3. The molecule has 7 nitrogen and oxygen atoms in total. The van der Waals surface area contributed by atoms with E-state index in [1.54, 1.807) is 30.0 Å². The molecule has 1 fully saturated rings. The van der Waals surface area contributed by atoms with E-state index in [0.717, 1.165) is 17.3 Å². The summed E-state index contributed by atoms with van der Waals surface area (Å²) in [6, 6.07) is 6.97. The van der Waals surface area contributed by atoms with Crippen LogP contribution in [-0.4, -0.2) is 43.1 Å². The van der Waals surface area contributed by atoms with Gasteiger partial charge in [-0.2, -0.15) is 13.2 Å². The normalized spacial score (nSPS) is 13.9. The van der Waals surface area contributed by atoms with Crippen molar-refractivity contribution in [3.63, 3.8) is 0 Å². The van der Waals surface area contributed by atoms with Crippen LogP contribution in [0.5, 0.6) is 0 Å². The fourth-order valence-electron chi connectivity index (χ4n) is 3.03. The first kappa shape index (κ1) is 20.4. The zero-order valence-electron chi connectivity index (χ0n) is 15.6. The molecule has 3 rings (SSSR count). The molecule has 10 heteroatoms. The van der Waals surface area contributed by atoms with Gasteiger partial charge < -0.3 is 16.0 Å². The SMILES string of the molecule is Cc1cc(C(=O)NCCNc2ncccc2C(F)(F)F)ccc1N1CCNC1=O. The summed E-state index contributed by atoms with van der Waals surface area (Å²) in [5.74, 6) is -0.636. The lowest BCUT2D eigenvalue weighted by Gasteiger charge is -2.17. The summed E-state index contributed by atoms with van der Waals surface area (Å²) in [5.41, 5.74) is 1.05. The number of benzene rings is 1. The maximum Gasteiger partial charge on any atom is 0.419 e. The number of rotatable bonds is 6. The fourth-order valence-corrected chi connectivity index (χ4v) is 3.03. The molecule has 154 valence electrons. The molecule has 3 amide bonds. The summed E-state index contributed by atoms with van der Waals surface area (Å²) >= 11 is 0. The third-order valence-corrected chi connectivity index (χ3v) is 4.42. The van der Waals surface area contributed by atoms with E-state index in [1.165, 1.54) is 12.3 Å². The van der Waals surface area contributed by atoms with Gasteiger partial charge in [-0.15, -0.1) is 0 Å². The van der Waals surface area contributed by atoms with Crippen molar-refractivity contribution in [2.45, 2.75) is 13.1 Å². The fraction of sp³-hybridized carbons (Fsp3) is 0.316. The Morgan fingerprint density at radius 2 is 2.07 bits per heavy atom. The van der Waals surface area contributed by atoms with Crippen LogP contribution in [0.15, 0.2) is 36.5 Å². The van der Waals surface area contributed by atoms with E-state index in [1.807, 2.05) is 0 Å². The number of nitrogens with zero attached hydrogens (tertiary/aromatic N) is 2. The van der Waals surface area contributed by atoms with Crippen LogP contribution in [-0.2, 0) is 6.18 Å². The summed E-state index contributed by atoms with van der Waals surface area (Å²) in [4.78, 5) is 29.4. The topological polar surface area (TPSA) is 86.4 Å². The van der Waals surface area contributed by atoms with E-state index in [2.05, 4.69) is 20.9 Å². The molecule has 0 bridgehead atoms. The third kappa shape index (κ3) is 4.76. The first-order chi connectivity index (χ1) is 13.8. The van der Waals surface area contributed by atoms with Crippen LogP contribution in [0.3, 0.4) is 0 Å². The lowest BCUT2D eigenvalue weighted by Crippen LogP contribution is -2.30.